The van der Waals surface area contributed by atoms with Crippen molar-refractivity contribution in [1.29, 1.82) is 0 Å². The van der Waals surface area contributed by atoms with Gasteiger partial charge in [0.25, 0.3) is 0 Å². The van der Waals surface area contributed by atoms with Crippen molar-refractivity contribution in [2.75, 3.05) is 26.4 Å². The Kier molecular flexibility index (Phi) is 38.3. The Labute approximate surface area is 355 Å². The molecule has 9 heteroatoms. The lowest BCUT2D eigenvalue weighted by Gasteiger charge is -2.39. The molecule has 0 amide bonds. The zero-order valence-electron chi connectivity index (χ0n) is 37.3. The van der Waals surface area contributed by atoms with Crippen molar-refractivity contribution in [2.24, 2.45) is 0 Å². The summed E-state index contributed by atoms with van der Waals surface area (Å²) >= 11 is 0. The van der Waals surface area contributed by atoms with Crippen LogP contribution in [0.1, 0.15) is 206 Å². The first-order valence-electron chi connectivity index (χ1n) is 24.1. The van der Waals surface area contributed by atoms with Crippen LogP contribution in [-0.4, -0.2) is 89.6 Å². The Morgan fingerprint density at radius 2 is 1.00 bits per heavy atom. The first-order chi connectivity index (χ1) is 28.4. The fraction of sp³-hybridized carbons (Fsp3) is 0.857. The largest absolute Gasteiger partial charge is 0.457 e. The van der Waals surface area contributed by atoms with Gasteiger partial charge in [0.1, 0.15) is 30.5 Å². The fourth-order valence-electron chi connectivity index (χ4n) is 7.26. The van der Waals surface area contributed by atoms with Crippen molar-refractivity contribution in [3.8, 4) is 0 Å². The van der Waals surface area contributed by atoms with E-state index in [0.29, 0.717) is 13.0 Å². The Morgan fingerprint density at radius 1 is 0.552 bits per heavy atom. The molecule has 1 rings (SSSR count). The third-order valence-electron chi connectivity index (χ3n) is 11.1. The third-order valence-corrected chi connectivity index (χ3v) is 11.1. The lowest BCUT2D eigenvalue weighted by molar-refractivity contribution is -0.305. The van der Waals surface area contributed by atoms with E-state index < -0.39 is 43.4 Å². The van der Waals surface area contributed by atoms with Crippen LogP contribution >= 0.6 is 0 Å². The van der Waals surface area contributed by atoms with Gasteiger partial charge < -0.3 is 39.4 Å². The number of carbonyl (C=O) groups is 1. The molecule has 6 unspecified atom stereocenters. The maximum atomic E-state index is 12.7. The molecule has 0 saturated carbocycles. The van der Waals surface area contributed by atoms with Gasteiger partial charge in [0.05, 0.1) is 19.8 Å². The number of aliphatic hydroxyl groups excluding tert-OH is 4. The van der Waals surface area contributed by atoms with Crippen LogP contribution in [0.2, 0.25) is 0 Å². The number of rotatable bonds is 41. The highest BCUT2D eigenvalue weighted by molar-refractivity contribution is 5.69. The van der Waals surface area contributed by atoms with Gasteiger partial charge in [-0.3, -0.25) is 4.79 Å². The van der Waals surface area contributed by atoms with Gasteiger partial charge >= 0.3 is 5.97 Å². The third kappa shape index (κ3) is 31.3. The molecule has 340 valence electrons. The van der Waals surface area contributed by atoms with Crippen LogP contribution in [0, 0.1) is 0 Å². The van der Waals surface area contributed by atoms with Crippen LogP contribution in [0.3, 0.4) is 0 Å². The van der Waals surface area contributed by atoms with Crippen molar-refractivity contribution in [3.05, 3.63) is 36.5 Å². The predicted octanol–water partition coefficient (Wildman–Crippen LogP) is 11.1. The second-order valence-corrected chi connectivity index (χ2v) is 16.6. The van der Waals surface area contributed by atoms with E-state index in [9.17, 15) is 25.2 Å². The highest BCUT2D eigenvalue weighted by Gasteiger charge is 2.44. The van der Waals surface area contributed by atoms with Gasteiger partial charge in [-0.15, -0.1) is 0 Å². The molecule has 1 aliphatic rings. The summed E-state index contributed by atoms with van der Waals surface area (Å²) in [7, 11) is 0. The summed E-state index contributed by atoms with van der Waals surface area (Å²) in [4.78, 5) is 12.7. The molecule has 1 aliphatic heterocycles. The van der Waals surface area contributed by atoms with Crippen LogP contribution in [0.15, 0.2) is 36.5 Å². The summed E-state index contributed by atoms with van der Waals surface area (Å²) in [5.74, 6) is -0.316. The summed E-state index contributed by atoms with van der Waals surface area (Å²) < 4.78 is 22.8. The topological polar surface area (TPSA) is 135 Å². The maximum Gasteiger partial charge on any atom is 0.306 e. The molecule has 0 aromatic heterocycles. The Hall–Kier alpha value is -1.59. The molecule has 0 aromatic carbocycles. The zero-order valence-corrected chi connectivity index (χ0v) is 37.3. The van der Waals surface area contributed by atoms with Gasteiger partial charge in [0.15, 0.2) is 6.29 Å². The predicted molar refractivity (Wildman–Crippen MR) is 238 cm³/mol. The normalized spacial score (nSPS) is 20.6. The average molecular weight is 823 g/mol. The van der Waals surface area contributed by atoms with Crippen LogP contribution in [0.5, 0.6) is 0 Å². The van der Waals surface area contributed by atoms with Gasteiger partial charge in [-0.2, -0.15) is 0 Å². The monoisotopic (exact) mass is 823 g/mol. The number of ether oxygens (including phenoxy) is 4. The minimum absolute atomic E-state index is 0.113. The molecule has 58 heavy (non-hydrogen) atoms. The molecular formula is C49H90O9. The lowest BCUT2D eigenvalue weighted by Crippen LogP contribution is -2.59. The zero-order chi connectivity index (χ0) is 42.2. The summed E-state index contributed by atoms with van der Waals surface area (Å²) in [5.41, 5.74) is 0. The number of carbonyl (C=O) groups excluding carboxylic acids is 1. The molecule has 0 bridgehead atoms. The summed E-state index contributed by atoms with van der Waals surface area (Å²) in [6, 6.07) is 0. The van der Waals surface area contributed by atoms with Crippen LogP contribution in [-0.2, 0) is 23.7 Å². The molecule has 1 saturated heterocycles. The second-order valence-electron chi connectivity index (χ2n) is 16.6. The van der Waals surface area contributed by atoms with Crippen molar-refractivity contribution in [2.45, 2.75) is 243 Å². The van der Waals surface area contributed by atoms with Gasteiger partial charge in [0, 0.05) is 13.0 Å². The Balaban J connectivity index is 2.18. The number of hydrogen-bond acceptors (Lipinski definition) is 9. The highest BCUT2D eigenvalue weighted by Crippen LogP contribution is 2.23. The van der Waals surface area contributed by atoms with Crippen molar-refractivity contribution < 1.29 is 44.2 Å². The van der Waals surface area contributed by atoms with E-state index in [1.165, 1.54) is 141 Å². The lowest BCUT2D eigenvalue weighted by atomic mass is 9.99. The number of esters is 1. The summed E-state index contributed by atoms with van der Waals surface area (Å²) in [5, 5.41) is 40.1. The molecule has 4 N–H and O–H groups in total. The second kappa shape index (κ2) is 40.8. The SMILES string of the molecule is CCCCCCC/C=C\C/C=C\C/C=C\CCCCCCCCCCCOCC(COC1OC(CO)C(O)C(O)C1O)OC(=O)CCCCCCCCCCCCC. The van der Waals surface area contributed by atoms with Crippen molar-refractivity contribution in [3.63, 3.8) is 0 Å². The van der Waals surface area contributed by atoms with E-state index in [1.807, 2.05) is 0 Å². The molecule has 1 heterocycles. The van der Waals surface area contributed by atoms with Crippen molar-refractivity contribution >= 4 is 5.97 Å². The van der Waals surface area contributed by atoms with E-state index >= 15 is 0 Å². The van der Waals surface area contributed by atoms with Crippen LogP contribution in [0.4, 0.5) is 0 Å². The van der Waals surface area contributed by atoms with E-state index in [1.54, 1.807) is 0 Å². The first kappa shape index (κ1) is 54.4. The molecule has 9 nitrogen and oxygen atoms in total. The number of hydrogen-bond donors (Lipinski definition) is 4. The Morgan fingerprint density at radius 3 is 1.50 bits per heavy atom. The molecule has 0 spiro atoms. The van der Waals surface area contributed by atoms with Crippen LogP contribution < -0.4 is 0 Å². The minimum Gasteiger partial charge on any atom is -0.457 e. The number of allylic oxidation sites excluding steroid dienone is 6. The molecule has 0 radical (unpaired) electrons. The minimum atomic E-state index is -1.54. The molecule has 0 aromatic rings. The number of aliphatic hydroxyl groups is 4. The number of unbranched alkanes of at least 4 members (excludes halogenated alkanes) is 24. The van der Waals surface area contributed by atoms with E-state index in [-0.39, 0.29) is 19.2 Å². The quantitative estimate of drug-likeness (QED) is 0.0270. The van der Waals surface area contributed by atoms with Gasteiger partial charge in [-0.25, -0.2) is 0 Å². The molecule has 6 atom stereocenters. The van der Waals surface area contributed by atoms with E-state index in [2.05, 4.69) is 50.3 Å². The standard InChI is InChI=1S/C49H90O9/c1-3-5-7-9-11-13-15-16-17-18-19-20-21-22-23-24-25-26-27-29-31-33-35-37-39-55-41-43(42-56-49-48(54)47(53)46(52)44(40-50)58-49)57-45(51)38-36-34-32-30-28-14-12-10-8-6-4-2/h15-16,18-19,21-22,43-44,46-50,52-54H,3-14,17,20,23-42H2,1-2H3/b16-15-,19-18-,22-21-. The highest BCUT2D eigenvalue weighted by atomic mass is 16.7. The molecular weight excluding hydrogens is 733 g/mol. The van der Waals surface area contributed by atoms with Gasteiger partial charge in [0.2, 0.25) is 0 Å². The molecule has 0 aliphatic carbocycles. The van der Waals surface area contributed by atoms with E-state index in [4.69, 9.17) is 18.9 Å². The van der Waals surface area contributed by atoms with Crippen LogP contribution in [0.25, 0.3) is 0 Å². The average Bonchev–Trinajstić information content (AvgIpc) is 3.22. The Bertz CT molecular complexity index is 983. The smallest absolute Gasteiger partial charge is 0.306 e. The van der Waals surface area contributed by atoms with E-state index in [0.717, 1.165) is 44.9 Å². The summed E-state index contributed by atoms with van der Waals surface area (Å²) in [6.07, 6.45) is 41.8. The maximum absolute atomic E-state index is 12.7. The fourth-order valence-corrected chi connectivity index (χ4v) is 7.26. The van der Waals surface area contributed by atoms with Gasteiger partial charge in [-0.1, -0.05) is 185 Å². The first-order valence-corrected chi connectivity index (χ1v) is 24.1. The molecule has 1 fully saturated rings. The van der Waals surface area contributed by atoms with Gasteiger partial charge in [-0.05, 0) is 51.4 Å². The summed E-state index contributed by atoms with van der Waals surface area (Å²) in [6.45, 7) is 4.54. The van der Waals surface area contributed by atoms with Crippen molar-refractivity contribution in [1.82, 2.24) is 0 Å².